The van der Waals surface area contributed by atoms with Crippen LogP contribution in [0.3, 0.4) is 0 Å². The van der Waals surface area contributed by atoms with Gasteiger partial charge in [0.25, 0.3) is 0 Å². The van der Waals surface area contributed by atoms with Crippen LogP contribution in [-0.2, 0) is 11.2 Å². The van der Waals surface area contributed by atoms with Gasteiger partial charge >= 0.3 is 0 Å². The molecule has 1 N–H and O–H groups in total. The van der Waals surface area contributed by atoms with Gasteiger partial charge < -0.3 is 10.2 Å². The highest BCUT2D eigenvalue weighted by Crippen LogP contribution is 2.37. The third kappa shape index (κ3) is 3.14. The van der Waals surface area contributed by atoms with Crippen molar-refractivity contribution < 1.29 is 4.79 Å². The minimum absolute atomic E-state index is 0.0650. The zero-order chi connectivity index (χ0) is 17.1. The Balaban J connectivity index is 1.77. The van der Waals surface area contributed by atoms with Gasteiger partial charge in [0, 0.05) is 17.6 Å². The van der Waals surface area contributed by atoms with E-state index >= 15 is 0 Å². The summed E-state index contributed by atoms with van der Waals surface area (Å²) in [5.41, 5.74) is 3.35. The lowest BCUT2D eigenvalue weighted by Gasteiger charge is -2.24. The average molecular weight is 323 g/mol. The van der Waals surface area contributed by atoms with Crippen LogP contribution in [-0.4, -0.2) is 16.9 Å². The summed E-state index contributed by atoms with van der Waals surface area (Å²) in [7, 11) is 0. The second kappa shape index (κ2) is 7.04. The SMILES string of the molecule is CCC(CC)C(=O)Nc1ccc(N2c3ccccc3CC2C)nc1. The first-order chi connectivity index (χ1) is 11.6. The first kappa shape index (κ1) is 16.5. The van der Waals surface area contributed by atoms with E-state index in [9.17, 15) is 4.79 Å². The van der Waals surface area contributed by atoms with Crippen molar-refractivity contribution in [2.24, 2.45) is 5.92 Å². The molecule has 1 aromatic carbocycles. The summed E-state index contributed by atoms with van der Waals surface area (Å²) < 4.78 is 0. The van der Waals surface area contributed by atoms with Crippen LogP contribution in [0.4, 0.5) is 17.2 Å². The van der Waals surface area contributed by atoms with Crippen LogP contribution < -0.4 is 10.2 Å². The standard InChI is InChI=1S/C20H25N3O/c1-4-15(5-2)20(24)22-17-10-11-19(21-13-17)23-14(3)12-16-8-6-7-9-18(16)23/h6-11,13-15H,4-5,12H2,1-3H3,(H,22,24). The minimum Gasteiger partial charge on any atom is -0.324 e. The third-order valence-corrected chi connectivity index (χ3v) is 4.83. The summed E-state index contributed by atoms with van der Waals surface area (Å²) in [6.07, 6.45) is 4.50. The second-order valence-electron chi connectivity index (χ2n) is 6.46. The van der Waals surface area contributed by atoms with Gasteiger partial charge in [-0.05, 0) is 49.9 Å². The van der Waals surface area contributed by atoms with Crippen molar-refractivity contribution in [1.29, 1.82) is 0 Å². The van der Waals surface area contributed by atoms with Crippen LogP contribution in [0.25, 0.3) is 0 Å². The molecule has 1 unspecified atom stereocenters. The second-order valence-corrected chi connectivity index (χ2v) is 6.46. The fourth-order valence-corrected chi connectivity index (χ4v) is 3.42. The van der Waals surface area contributed by atoms with E-state index in [2.05, 4.69) is 46.4 Å². The predicted octanol–water partition coefficient (Wildman–Crippen LogP) is 4.54. The molecule has 0 fully saturated rings. The number of para-hydroxylation sites is 1. The molecule has 126 valence electrons. The zero-order valence-electron chi connectivity index (χ0n) is 14.6. The van der Waals surface area contributed by atoms with E-state index in [1.165, 1.54) is 11.3 Å². The number of hydrogen-bond donors (Lipinski definition) is 1. The van der Waals surface area contributed by atoms with Crippen molar-refractivity contribution in [2.45, 2.75) is 46.1 Å². The highest BCUT2D eigenvalue weighted by molar-refractivity contribution is 5.92. The van der Waals surface area contributed by atoms with Crippen LogP contribution in [0.1, 0.15) is 39.2 Å². The van der Waals surface area contributed by atoms with Crippen LogP contribution in [0.2, 0.25) is 0 Å². The van der Waals surface area contributed by atoms with Crippen molar-refractivity contribution in [1.82, 2.24) is 4.98 Å². The molecule has 2 aromatic rings. The maximum atomic E-state index is 12.2. The van der Waals surface area contributed by atoms with Gasteiger partial charge in [0.1, 0.15) is 5.82 Å². The lowest BCUT2D eigenvalue weighted by Crippen LogP contribution is -2.25. The fraction of sp³-hybridized carbons (Fsp3) is 0.400. The van der Waals surface area contributed by atoms with Crippen molar-refractivity contribution in [2.75, 3.05) is 10.2 Å². The monoisotopic (exact) mass is 323 g/mol. The van der Waals surface area contributed by atoms with Crippen molar-refractivity contribution in [3.8, 4) is 0 Å². The molecule has 1 amide bonds. The first-order valence-corrected chi connectivity index (χ1v) is 8.78. The predicted molar refractivity (Wildman–Crippen MR) is 98.7 cm³/mol. The lowest BCUT2D eigenvalue weighted by molar-refractivity contribution is -0.120. The van der Waals surface area contributed by atoms with Crippen molar-refractivity contribution >= 4 is 23.1 Å². The van der Waals surface area contributed by atoms with E-state index in [0.29, 0.717) is 6.04 Å². The molecule has 2 heterocycles. The van der Waals surface area contributed by atoms with Crippen LogP contribution >= 0.6 is 0 Å². The summed E-state index contributed by atoms with van der Waals surface area (Å²) in [6, 6.07) is 12.8. The van der Waals surface area contributed by atoms with Gasteiger partial charge in [-0.3, -0.25) is 4.79 Å². The van der Waals surface area contributed by atoms with Gasteiger partial charge in [-0.1, -0.05) is 32.0 Å². The van der Waals surface area contributed by atoms with Crippen LogP contribution in [0.5, 0.6) is 0 Å². The zero-order valence-corrected chi connectivity index (χ0v) is 14.6. The van der Waals surface area contributed by atoms with Gasteiger partial charge in [0.05, 0.1) is 11.9 Å². The number of carbonyl (C=O) groups excluding carboxylic acids is 1. The number of hydrogen-bond acceptors (Lipinski definition) is 3. The van der Waals surface area contributed by atoms with Gasteiger partial charge in [-0.15, -0.1) is 0 Å². The maximum Gasteiger partial charge on any atom is 0.227 e. The number of anilines is 3. The Kier molecular flexibility index (Phi) is 4.84. The number of carbonyl (C=O) groups is 1. The molecule has 0 spiro atoms. The number of pyridine rings is 1. The summed E-state index contributed by atoms with van der Waals surface area (Å²) in [5, 5.41) is 2.97. The number of aromatic nitrogens is 1. The molecule has 0 aliphatic carbocycles. The van der Waals surface area contributed by atoms with Gasteiger partial charge in [-0.2, -0.15) is 0 Å². The Hall–Kier alpha value is -2.36. The molecule has 1 atom stereocenters. The van der Waals surface area contributed by atoms with E-state index < -0.39 is 0 Å². The molecule has 24 heavy (non-hydrogen) atoms. The smallest absolute Gasteiger partial charge is 0.227 e. The lowest BCUT2D eigenvalue weighted by atomic mass is 10.0. The number of amides is 1. The first-order valence-electron chi connectivity index (χ1n) is 8.78. The molecule has 0 saturated heterocycles. The normalized spacial score (nSPS) is 16.3. The van der Waals surface area contributed by atoms with Crippen LogP contribution in [0, 0.1) is 5.92 Å². The maximum absolute atomic E-state index is 12.2. The fourth-order valence-electron chi connectivity index (χ4n) is 3.42. The molecule has 0 saturated carbocycles. The summed E-state index contributed by atoms with van der Waals surface area (Å²) in [5.74, 6) is 1.07. The van der Waals surface area contributed by atoms with Gasteiger partial charge in [0.2, 0.25) is 5.91 Å². The van der Waals surface area contributed by atoms with E-state index in [-0.39, 0.29) is 11.8 Å². The molecular weight excluding hydrogens is 298 g/mol. The minimum atomic E-state index is 0.0650. The number of fused-ring (bicyclic) bond motifs is 1. The topological polar surface area (TPSA) is 45.2 Å². The molecule has 4 nitrogen and oxygen atoms in total. The van der Waals surface area contributed by atoms with Crippen LogP contribution in [0.15, 0.2) is 42.6 Å². The van der Waals surface area contributed by atoms with E-state index in [1.807, 2.05) is 26.0 Å². The Morgan fingerprint density at radius 3 is 2.67 bits per heavy atom. The third-order valence-electron chi connectivity index (χ3n) is 4.83. The van der Waals surface area contributed by atoms with E-state index in [1.54, 1.807) is 6.20 Å². The molecule has 1 aliphatic heterocycles. The number of nitrogens with one attached hydrogen (secondary N) is 1. The van der Waals surface area contributed by atoms with Gasteiger partial charge in [0.15, 0.2) is 0 Å². The summed E-state index contributed by atoms with van der Waals surface area (Å²) in [4.78, 5) is 19.0. The van der Waals surface area contributed by atoms with Gasteiger partial charge in [-0.25, -0.2) is 4.98 Å². The highest BCUT2D eigenvalue weighted by atomic mass is 16.1. The average Bonchev–Trinajstić information content (AvgIpc) is 2.92. The van der Waals surface area contributed by atoms with E-state index in [4.69, 9.17) is 0 Å². The van der Waals surface area contributed by atoms with Crippen molar-refractivity contribution in [3.63, 3.8) is 0 Å². The Morgan fingerprint density at radius 2 is 2.00 bits per heavy atom. The molecule has 3 rings (SSSR count). The molecule has 0 radical (unpaired) electrons. The highest BCUT2D eigenvalue weighted by Gasteiger charge is 2.27. The van der Waals surface area contributed by atoms with Crippen molar-refractivity contribution in [3.05, 3.63) is 48.2 Å². The molecule has 1 aliphatic rings. The summed E-state index contributed by atoms with van der Waals surface area (Å²) >= 11 is 0. The Morgan fingerprint density at radius 1 is 1.25 bits per heavy atom. The Labute approximate surface area is 143 Å². The molecule has 0 bridgehead atoms. The molecular formula is C20H25N3O. The number of benzene rings is 1. The quantitative estimate of drug-likeness (QED) is 0.878. The molecule has 1 aromatic heterocycles. The number of rotatable bonds is 5. The summed E-state index contributed by atoms with van der Waals surface area (Å²) in [6.45, 7) is 6.30. The largest absolute Gasteiger partial charge is 0.324 e. The Bertz CT molecular complexity index is 707. The van der Waals surface area contributed by atoms with E-state index in [0.717, 1.165) is 30.8 Å². The molecule has 4 heteroatoms. The number of nitrogens with zero attached hydrogens (tertiary/aromatic N) is 2.